The van der Waals surface area contributed by atoms with Gasteiger partial charge >= 0.3 is 0 Å². The molecule has 2 heterocycles. The molecule has 0 radical (unpaired) electrons. The zero-order chi connectivity index (χ0) is 16.2. The molecule has 5 heteroatoms. The highest BCUT2D eigenvalue weighted by Crippen LogP contribution is 2.23. The third kappa shape index (κ3) is 3.86. The van der Waals surface area contributed by atoms with Gasteiger partial charge < -0.3 is 15.4 Å². The summed E-state index contributed by atoms with van der Waals surface area (Å²) < 4.78 is 5.27. The van der Waals surface area contributed by atoms with Crippen molar-refractivity contribution in [3.05, 3.63) is 41.6 Å². The molecule has 0 unspecified atom stereocenters. The Hall–Kier alpha value is -1.98. The summed E-state index contributed by atoms with van der Waals surface area (Å²) in [5.74, 6) is 1.72. The van der Waals surface area contributed by atoms with E-state index < -0.39 is 0 Å². The van der Waals surface area contributed by atoms with Gasteiger partial charge in [-0.3, -0.25) is 0 Å². The molecule has 0 amide bonds. The van der Waals surface area contributed by atoms with Crippen LogP contribution in [0.2, 0.25) is 0 Å². The summed E-state index contributed by atoms with van der Waals surface area (Å²) in [6, 6.07) is 10.6. The average molecular weight is 312 g/mol. The van der Waals surface area contributed by atoms with Crippen LogP contribution in [0.4, 0.5) is 5.82 Å². The molecule has 1 saturated heterocycles. The molecule has 0 saturated carbocycles. The van der Waals surface area contributed by atoms with Crippen LogP contribution >= 0.6 is 0 Å². The molecule has 2 aromatic rings. The van der Waals surface area contributed by atoms with E-state index in [-0.39, 0.29) is 0 Å². The fourth-order valence-electron chi connectivity index (χ4n) is 2.83. The Labute approximate surface area is 137 Å². The molecule has 0 aliphatic carbocycles. The highest BCUT2D eigenvalue weighted by molar-refractivity contribution is 5.58. The van der Waals surface area contributed by atoms with Crippen molar-refractivity contribution >= 4 is 5.82 Å². The summed E-state index contributed by atoms with van der Waals surface area (Å²) in [6.07, 6.45) is 2.01. The maximum absolute atomic E-state index is 6.01. The number of piperidine rings is 1. The lowest BCUT2D eigenvalue weighted by atomic mass is 10.1. The molecular weight excluding hydrogens is 288 g/mol. The molecule has 1 aliphatic heterocycles. The molecule has 3 rings (SSSR count). The number of nitrogens with zero attached hydrogens (tertiary/aromatic N) is 3. The van der Waals surface area contributed by atoms with Gasteiger partial charge in [-0.15, -0.1) is 0 Å². The van der Waals surface area contributed by atoms with Crippen LogP contribution in [0.5, 0.6) is 0 Å². The second kappa shape index (κ2) is 7.06. The third-order valence-corrected chi connectivity index (χ3v) is 4.23. The number of ether oxygens (including phenoxy) is 1. The summed E-state index contributed by atoms with van der Waals surface area (Å²) >= 11 is 0. The molecule has 1 fully saturated rings. The Morgan fingerprint density at radius 2 is 1.87 bits per heavy atom. The van der Waals surface area contributed by atoms with Gasteiger partial charge in [0.1, 0.15) is 5.82 Å². The Morgan fingerprint density at radius 1 is 1.17 bits per heavy atom. The lowest BCUT2D eigenvalue weighted by molar-refractivity contribution is 0.181. The molecular formula is C18H24N4O. The third-order valence-electron chi connectivity index (χ3n) is 4.23. The first-order valence-corrected chi connectivity index (χ1v) is 8.10. The minimum Gasteiger partial charge on any atom is -0.378 e. The van der Waals surface area contributed by atoms with E-state index >= 15 is 0 Å². The largest absolute Gasteiger partial charge is 0.378 e. The van der Waals surface area contributed by atoms with E-state index in [9.17, 15) is 0 Å². The van der Waals surface area contributed by atoms with E-state index in [2.05, 4.69) is 41.1 Å². The molecule has 0 spiro atoms. The van der Waals surface area contributed by atoms with Crippen molar-refractivity contribution in [1.29, 1.82) is 0 Å². The van der Waals surface area contributed by atoms with Crippen LogP contribution in [-0.2, 0) is 11.3 Å². The minimum absolute atomic E-state index is 0.308. The van der Waals surface area contributed by atoms with Crippen molar-refractivity contribution in [2.45, 2.75) is 32.4 Å². The van der Waals surface area contributed by atoms with Gasteiger partial charge in [-0.05, 0) is 19.8 Å². The Kier molecular flexibility index (Phi) is 4.88. The van der Waals surface area contributed by atoms with Gasteiger partial charge in [0.2, 0.25) is 0 Å². The lowest BCUT2D eigenvalue weighted by Gasteiger charge is -2.31. The fraction of sp³-hybridized carbons (Fsp3) is 0.444. The maximum Gasteiger partial charge on any atom is 0.161 e. The minimum atomic E-state index is 0.308. The zero-order valence-corrected chi connectivity index (χ0v) is 13.8. The fourth-order valence-corrected chi connectivity index (χ4v) is 2.83. The summed E-state index contributed by atoms with van der Waals surface area (Å²) in [4.78, 5) is 11.7. The van der Waals surface area contributed by atoms with Crippen molar-refractivity contribution in [3.63, 3.8) is 0 Å². The number of anilines is 1. The first kappa shape index (κ1) is 15.9. The molecule has 0 atom stereocenters. The quantitative estimate of drug-likeness (QED) is 0.940. The molecule has 1 aromatic heterocycles. The molecule has 5 nitrogen and oxygen atoms in total. The number of methoxy groups -OCH3 is 1. The summed E-state index contributed by atoms with van der Waals surface area (Å²) in [5, 5.41) is 0. The van der Waals surface area contributed by atoms with Crippen molar-refractivity contribution in [3.8, 4) is 11.4 Å². The predicted molar refractivity (Wildman–Crippen MR) is 92.3 cm³/mol. The van der Waals surface area contributed by atoms with Crippen molar-refractivity contribution in [1.82, 2.24) is 9.97 Å². The number of hydrogen-bond donors (Lipinski definition) is 1. The monoisotopic (exact) mass is 312 g/mol. The predicted octanol–water partition coefficient (Wildman–Crippen LogP) is 2.53. The van der Waals surface area contributed by atoms with Crippen molar-refractivity contribution in [2.24, 2.45) is 5.73 Å². The first-order valence-electron chi connectivity index (χ1n) is 8.10. The lowest BCUT2D eigenvalue weighted by Crippen LogP contribution is -2.40. The molecule has 122 valence electrons. The van der Waals surface area contributed by atoms with E-state index in [0.717, 1.165) is 48.8 Å². The van der Waals surface area contributed by atoms with Crippen LogP contribution in [0.25, 0.3) is 11.4 Å². The van der Waals surface area contributed by atoms with Gasteiger partial charge in [0, 0.05) is 37.9 Å². The van der Waals surface area contributed by atoms with Gasteiger partial charge in [0.25, 0.3) is 0 Å². The standard InChI is InChI=1S/C18H24N4O/c1-13-3-5-14(6-4-13)18-20-16(12-23-2)11-17(21-18)22-9-7-15(19)8-10-22/h3-6,11,15H,7-10,12,19H2,1-2H3. The van der Waals surface area contributed by atoms with E-state index in [1.165, 1.54) is 5.56 Å². The molecule has 2 N–H and O–H groups in total. The van der Waals surface area contributed by atoms with Crippen LogP contribution < -0.4 is 10.6 Å². The first-order chi connectivity index (χ1) is 11.2. The Bertz CT molecular complexity index is 649. The van der Waals surface area contributed by atoms with Gasteiger partial charge in [0.05, 0.1) is 12.3 Å². The molecule has 0 bridgehead atoms. The molecule has 23 heavy (non-hydrogen) atoms. The van der Waals surface area contributed by atoms with E-state index in [4.69, 9.17) is 15.5 Å². The highest BCUT2D eigenvalue weighted by atomic mass is 16.5. The van der Waals surface area contributed by atoms with Gasteiger partial charge in [-0.25, -0.2) is 9.97 Å². The van der Waals surface area contributed by atoms with Gasteiger partial charge in [-0.2, -0.15) is 0 Å². The number of benzene rings is 1. The van der Waals surface area contributed by atoms with Gasteiger partial charge in [0.15, 0.2) is 5.82 Å². The van der Waals surface area contributed by atoms with Crippen LogP contribution in [0.1, 0.15) is 24.1 Å². The van der Waals surface area contributed by atoms with E-state index in [1.54, 1.807) is 7.11 Å². The SMILES string of the molecule is COCc1cc(N2CCC(N)CC2)nc(-c2ccc(C)cc2)n1. The number of aromatic nitrogens is 2. The summed E-state index contributed by atoms with van der Waals surface area (Å²) in [7, 11) is 1.69. The smallest absolute Gasteiger partial charge is 0.161 e. The van der Waals surface area contributed by atoms with Gasteiger partial charge in [-0.1, -0.05) is 29.8 Å². The normalized spacial score (nSPS) is 15.9. The zero-order valence-electron chi connectivity index (χ0n) is 13.8. The van der Waals surface area contributed by atoms with Crippen LogP contribution in [0.15, 0.2) is 30.3 Å². The Balaban J connectivity index is 1.94. The summed E-state index contributed by atoms with van der Waals surface area (Å²) in [5.41, 5.74) is 9.17. The highest BCUT2D eigenvalue weighted by Gasteiger charge is 2.19. The summed E-state index contributed by atoms with van der Waals surface area (Å²) in [6.45, 7) is 4.45. The molecule has 1 aromatic carbocycles. The van der Waals surface area contributed by atoms with E-state index in [0.29, 0.717) is 12.6 Å². The van der Waals surface area contributed by atoms with E-state index in [1.807, 2.05) is 6.07 Å². The maximum atomic E-state index is 6.01. The average Bonchev–Trinajstić information content (AvgIpc) is 2.56. The number of hydrogen-bond acceptors (Lipinski definition) is 5. The molecule has 1 aliphatic rings. The van der Waals surface area contributed by atoms with Crippen molar-refractivity contribution < 1.29 is 4.74 Å². The Morgan fingerprint density at radius 3 is 2.52 bits per heavy atom. The second-order valence-corrected chi connectivity index (χ2v) is 6.16. The number of rotatable bonds is 4. The van der Waals surface area contributed by atoms with Crippen LogP contribution in [0, 0.1) is 6.92 Å². The number of aryl methyl sites for hydroxylation is 1. The number of nitrogens with two attached hydrogens (primary N) is 1. The van der Waals surface area contributed by atoms with Crippen LogP contribution in [0.3, 0.4) is 0 Å². The topological polar surface area (TPSA) is 64.3 Å². The second-order valence-electron chi connectivity index (χ2n) is 6.16. The van der Waals surface area contributed by atoms with Crippen molar-refractivity contribution in [2.75, 3.05) is 25.1 Å². The van der Waals surface area contributed by atoms with Crippen LogP contribution in [-0.4, -0.2) is 36.2 Å².